The van der Waals surface area contributed by atoms with Gasteiger partial charge in [0.2, 0.25) is 0 Å². The van der Waals surface area contributed by atoms with Crippen molar-refractivity contribution in [1.82, 2.24) is 5.32 Å². The van der Waals surface area contributed by atoms with Crippen molar-refractivity contribution < 1.29 is 4.74 Å². The van der Waals surface area contributed by atoms with Gasteiger partial charge in [-0.05, 0) is 36.8 Å². The van der Waals surface area contributed by atoms with E-state index < -0.39 is 0 Å². The minimum Gasteiger partial charge on any atom is -0.383 e. The average molecular weight is 322 g/mol. The lowest BCUT2D eigenvalue weighted by molar-refractivity contribution is 0.199. The normalized spacial score (nSPS) is 10.8. The Morgan fingerprint density at radius 3 is 2.62 bits per heavy atom. The van der Waals surface area contributed by atoms with E-state index in [2.05, 4.69) is 42.6 Å². The monoisotopic (exact) mass is 321 g/mol. The fourth-order valence-corrected chi connectivity index (χ4v) is 3.12. The zero-order valence-corrected chi connectivity index (χ0v) is 13.9. The standard InChI is InChI=1S/C17H20ClNOS/c1-13-3-7-16(8-4-13)21-17-11-15(18)6-5-14(17)12-19-9-10-20-2/h3-8,11,19H,9-10,12H2,1-2H3. The van der Waals surface area contributed by atoms with Crippen LogP contribution in [0.15, 0.2) is 52.3 Å². The highest BCUT2D eigenvalue weighted by Gasteiger charge is 2.06. The van der Waals surface area contributed by atoms with Crippen molar-refractivity contribution in [3.8, 4) is 0 Å². The molecule has 0 bridgehead atoms. The summed E-state index contributed by atoms with van der Waals surface area (Å²) in [5, 5.41) is 4.14. The highest BCUT2D eigenvalue weighted by molar-refractivity contribution is 7.99. The lowest BCUT2D eigenvalue weighted by Gasteiger charge is -2.11. The van der Waals surface area contributed by atoms with Gasteiger partial charge in [-0.3, -0.25) is 0 Å². The Labute approximate surface area is 135 Å². The first-order valence-corrected chi connectivity index (χ1v) is 8.11. The Morgan fingerprint density at radius 2 is 1.90 bits per heavy atom. The fourth-order valence-electron chi connectivity index (χ4n) is 1.90. The number of ether oxygens (including phenoxy) is 1. The second-order valence-electron chi connectivity index (χ2n) is 4.84. The summed E-state index contributed by atoms with van der Waals surface area (Å²) in [5.74, 6) is 0. The number of methoxy groups -OCH3 is 1. The first kappa shape index (κ1) is 16.4. The molecule has 1 N–H and O–H groups in total. The van der Waals surface area contributed by atoms with Gasteiger partial charge in [0.05, 0.1) is 6.61 Å². The van der Waals surface area contributed by atoms with Gasteiger partial charge in [-0.15, -0.1) is 0 Å². The first-order valence-electron chi connectivity index (χ1n) is 6.91. The molecular weight excluding hydrogens is 302 g/mol. The Balaban J connectivity index is 2.09. The number of halogens is 1. The van der Waals surface area contributed by atoms with Crippen LogP contribution in [-0.4, -0.2) is 20.3 Å². The number of benzene rings is 2. The molecule has 112 valence electrons. The Morgan fingerprint density at radius 1 is 1.14 bits per heavy atom. The molecule has 0 heterocycles. The van der Waals surface area contributed by atoms with Crippen LogP contribution in [0.25, 0.3) is 0 Å². The molecule has 0 saturated heterocycles. The third-order valence-electron chi connectivity index (χ3n) is 3.08. The van der Waals surface area contributed by atoms with Gasteiger partial charge in [0.15, 0.2) is 0 Å². The summed E-state index contributed by atoms with van der Waals surface area (Å²) >= 11 is 7.88. The molecule has 2 aromatic rings. The minimum atomic E-state index is 0.716. The molecule has 0 aliphatic rings. The molecule has 0 unspecified atom stereocenters. The first-order chi connectivity index (χ1) is 10.2. The summed E-state index contributed by atoms with van der Waals surface area (Å²) in [4.78, 5) is 2.41. The fraction of sp³-hybridized carbons (Fsp3) is 0.294. The SMILES string of the molecule is COCCNCc1ccc(Cl)cc1Sc1ccc(C)cc1. The van der Waals surface area contributed by atoms with Gasteiger partial charge in [-0.2, -0.15) is 0 Å². The second-order valence-corrected chi connectivity index (χ2v) is 6.39. The number of nitrogens with one attached hydrogen (secondary N) is 1. The van der Waals surface area contributed by atoms with Crippen molar-refractivity contribution in [3.63, 3.8) is 0 Å². The zero-order valence-electron chi connectivity index (χ0n) is 12.4. The number of hydrogen-bond acceptors (Lipinski definition) is 3. The third kappa shape index (κ3) is 5.36. The number of rotatable bonds is 7. The maximum absolute atomic E-state index is 6.14. The van der Waals surface area contributed by atoms with Crippen LogP contribution < -0.4 is 5.32 Å². The van der Waals surface area contributed by atoms with Crippen LogP contribution in [0.2, 0.25) is 5.02 Å². The van der Waals surface area contributed by atoms with Crippen molar-refractivity contribution in [2.75, 3.05) is 20.3 Å². The molecule has 0 aliphatic heterocycles. The molecule has 0 fully saturated rings. The van der Waals surface area contributed by atoms with E-state index in [1.165, 1.54) is 20.9 Å². The molecule has 0 aromatic heterocycles. The van der Waals surface area contributed by atoms with Crippen LogP contribution in [0.1, 0.15) is 11.1 Å². The quantitative estimate of drug-likeness (QED) is 0.757. The van der Waals surface area contributed by atoms with E-state index in [0.29, 0.717) is 6.61 Å². The van der Waals surface area contributed by atoms with E-state index in [-0.39, 0.29) is 0 Å². The number of aryl methyl sites for hydroxylation is 1. The molecule has 0 radical (unpaired) electrons. The maximum Gasteiger partial charge on any atom is 0.0587 e. The van der Waals surface area contributed by atoms with Crippen molar-refractivity contribution in [3.05, 3.63) is 58.6 Å². The Bertz CT molecular complexity index is 572. The van der Waals surface area contributed by atoms with Gasteiger partial charge >= 0.3 is 0 Å². The van der Waals surface area contributed by atoms with E-state index >= 15 is 0 Å². The predicted octanol–water partition coefficient (Wildman–Crippen LogP) is 4.54. The van der Waals surface area contributed by atoms with Crippen LogP contribution in [-0.2, 0) is 11.3 Å². The maximum atomic E-state index is 6.14. The molecular formula is C17H20ClNOS. The minimum absolute atomic E-state index is 0.716. The van der Waals surface area contributed by atoms with E-state index in [1.807, 2.05) is 12.1 Å². The van der Waals surface area contributed by atoms with Crippen LogP contribution in [0.3, 0.4) is 0 Å². The molecule has 4 heteroatoms. The lowest BCUT2D eigenvalue weighted by atomic mass is 10.2. The van der Waals surface area contributed by atoms with Gasteiger partial charge < -0.3 is 10.1 Å². The van der Waals surface area contributed by atoms with Crippen molar-refractivity contribution >= 4 is 23.4 Å². The molecule has 0 atom stereocenters. The van der Waals surface area contributed by atoms with Crippen LogP contribution in [0.4, 0.5) is 0 Å². The highest BCUT2D eigenvalue weighted by atomic mass is 35.5. The Kier molecular flexibility index (Phi) is 6.58. The van der Waals surface area contributed by atoms with E-state index in [9.17, 15) is 0 Å². The van der Waals surface area contributed by atoms with E-state index in [4.69, 9.17) is 16.3 Å². The van der Waals surface area contributed by atoms with Crippen LogP contribution in [0.5, 0.6) is 0 Å². The summed E-state index contributed by atoms with van der Waals surface area (Å²) < 4.78 is 5.05. The molecule has 2 aromatic carbocycles. The van der Waals surface area contributed by atoms with Gasteiger partial charge in [-0.1, -0.05) is 47.1 Å². The van der Waals surface area contributed by atoms with E-state index in [1.54, 1.807) is 18.9 Å². The largest absolute Gasteiger partial charge is 0.383 e. The average Bonchev–Trinajstić information content (AvgIpc) is 2.48. The van der Waals surface area contributed by atoms with E-state index in [0.717, 1.165) is 18.1 Å². The highest BCUT2D eigenvalue weighted by Crippen LogP contribution is 2.32. The van der Waals surface area contributed by atoms with Gasteiger partial charge in [0.1, 0.15) is 0 Å². The topological polar surface area (TPSA) is 21.3 Å². The van der Waals surface area contributed by atoms with Crippen LogP contribution in [0, 0.1) is 6.92 Å². The van der Waals surface area contributed by atoms with Crippen molar-refractivity contribution in [2.24, 2.45) is 0 Å². The van der Waals surface area contributed by atoms with Gasteiger partial charge in [0.25, 0.3) is 0 Å². The molecule has 0 amide bonds. The summed E-state index contributed by atoms with van der Waals surface area (Å²) in [6, 6.07) is 14.6. The molecule has 2 rings (SSSR count). The summed E-state index contributed by atoms with van der Waals surface area (Å²) in [5.41, 5.74) is 2.52. The summed E-state index contributed by atoms with van der Waals surface area (Å²) in [7, 11) is 1.71. The van der Waals surface area contributed by atoms with Gasteiger partial charge in [-0.25, -0.2) is 0 Å². The smallest absolute Gasteiger partial charge is 0.0587 e. The molecule has 0 spiro atoms. The zero-order chi connectivity index (χ0) is 15.1. The van der Waals surface area contributed by atoms with Crippen LogP contribution >= 0.6 is 23.4 Å². The molecule has 0 saturated carbocycles. The van der Waals surface area contributed by atoms with Gasteiger partial charge in [0, 0.05) is 35.0 Å². The number of hydrogen-bond donors (Lipinski definition) is 1. The summed E-state index contributed by atoms with van der Waals surface area (Å²) in [6.45, 7) is 4.47. The van der Waals surface area contributed by atoms with Crippen molar-refractivity contribution in [2.45, 2.75) is 23.3 Å². The third-order valence-corrected chi connectivity index (χ3v) is 4.42. The summed E-state index contributed by atoms with van der Waals surface area (Å²) in [6.07, 6.45) is 0. The lowest BCUT2D eigenvalue weighted by Crippen LogP contribution is -2.18. The van der Waals surface area contributed by atoms with Crippen molar-refractivity contribution in [1.29, 1.82) is 0 Å². The Hall–Kier alpha value is -1.00. The molecule has 0 aliphatic carbocycles. The molecule has 2 nitrogen and oxygen atoms in total. The predicted molar refractivity (Wildman–Crippen MR) is 90.3 cm³/mol. The second kappa shape index (κ2) is 8.44. The molecule has 21 heavy (non-hydrogen) atoms.